The number of rotatable bonds is 4. The first-order chi connectivity index (χ1) is 9.95. The fourth-order valence-electron chi connectivity index (χ4n) is 2.51. The van der Waals surface area contributed by atoms with Crippen molar-refractivity contribution in [3.63, 3.8) is 0 Å². The molecule has 1 aromatic rings. The van der Waals surface area contributed by atoms with Gasteiger partial charge in [-0.3, -0.25) is 4.79 Å². The van der Waals surface area contributed by atoms with Crippen molar-refractivity contribution in [2.45, 2.75) is 31.2 Å². The van der Waals surface area contributed by atoms with Gasteiger partial charge in [-0.1, -0.05) is 26.0 Å². The lowest BCUT2D eigenvalue weighted by molar-refractivity contribution is 0.0912. The Hall–Kier alpha value is -1.40. The first-order valence-corrected chi connectivity index (χ1v) is 8.94. The number of benzene rings is 1. The second-order valence-electron chi connectivity index (χ2n) is 5.45. The van der Waals surface area contributed by atoms with Crippen LogP contribution in [-0.4, -0.2) is 39.2 Å². The van der Waals surface area contributed by atoms with E-state index in [1.54, 1.807) is 25.1 Å². The zero-order valence-corrected chi connectivity index (χ0v) is 13.2. The molecule has 21 heavy (non-hydrogen) atoms. The Morgan fingerprint density at radius 1 is 1.38 bits per heavy atom. The molecule has 2 rings (SSSR count). The van der Waals surface area contributed by atoms with Gasteiger partial charge >= 0.3 is 0 Å². The summed E-state index contributed by atoms with van der Waals surface area (Å²) in [7, 11) is -3.40. The molecule has 2 N–H and O–H groups in total. The van der Waals surface area contributed by atoms with Gasteiger partial charge in [0.1, 0.15) is 0 Å². The van der Waals surface area contributed by atoms with Crippen molar-refractivity contribution in [3.8, 4) is 0 Å². The van der Waals surface area contributed by atoms with Gasteiger partial charge in [0.25, 0.3) is 5.91 Å². The number of carbonyl (C=O) groups is 1. The largest absolute Gasteiger partial charge is 0.348 e. The minimum absolute atomic E-state index is 0.0152. The third-order valence-corrected chi connectivity index (χ3v) is 5.78. The summed E-state index contributed by atoms with van der Waals surface area (Å²) in [6, 6.07) is 6.43. The normalized spacial score (nSPS) is 22.8. The summed E-state index contributed by atoms with van der Waals surface area (Å²) in [6.07, 6.45) is 1.000. The Labute approximate surface area is 126 Å². The molecule has 1 aliphatic rings. The maximum absolute atomic E-state index is 12.4. The van der Waals surface area contributed by atoms with E-state index in [0.717, 1.165) is 19.5 Å². The van der Waals surface area contributed by atoms with Crippen LogP contribution in [-0.2, 0) is 9.84 Å². The van der Waals surface area contributed by atoms with Crippen molar-refractivity contribution >= 4 is 15.7 Å². The lowest BCUT2D eigenvalue weighted by Crippen LogP contribution is -2.50. The van der Waals surface area contributed by atoms with Gasteiger partial charge in [0.2, 0.25) is 0 Å². The first-order valence-electron chi connectivity index (χ1n) is 7.29. The lowest BCUT2D eigenvalue weighted by atomic mass is 9.94. The van der Waals surface area contributed by atoms with Crippen LogP contribution in [0.2, 0.25) is 0 Å². The Morgan fingerprint density at radius 3 is 2.76 bits per heavy atom. The maximum Gasteiger partial charge on any atom is 0.252 e. The van der Waals surface area contributed by atoms with Gasteiger partial charge in [0.05, 0.1) is 16.2 Å². The van der Waals surface area contributed by atoms with Crippen molar-refractivity contribution in [1.29, 1.82) is 0 Å². The number of nitrogens with one attached hydrogen (secondary N) is 2. The van der Waals surface area contributed by atoms with E-state index in [9.17, 15) is 13.2 Å². The molecule has 1 aliphatic heterocycles. The zero-order chi connectivity index (χ0) is 15.5. The molecule has 0 aliphatic carbocycles. The van der Waals surface area contributed by atoms with E-state index in [0.29, 0.717) is 5.92 Å². The number of hydrogen-bond acceptors (Lipinski definition) is 4. The second-order valence-corrected chi connectivity index (χ2v) is 7.70. The fraction of sp³-hybridized carbons (Fsp3) is 0.533. The number of hydrogen-bond donors (Lipinski definition) is 2. The van der Waals surface area contributed by atoms with Crippen LogP contribution in [0.5, 0.6) is 0 Å². The Balaban J connectivity index is 2.24. The Morgan fingerprint density at radius 2 is 2.10 bits per heavy atom. The highest BCUT2D eigenvalue weighted by atomic mass is 32.2. The SMILES string of the molecule is CCS(=O)(=O)c1ccccc1C(=O)NC1CNCCC1C. The van der Waals surface area contributed by atoms with Crippen LogP contribution in [0.25, 0.3) is 0 Å². The monoisotopic (exact) mass is 310 g/mol. The molecule has 1 fully saturated rings. The van der Waals surface area contributed by atoms with E-state index in [-0.39, 0.29) is 28.2 Å². The van der Waals surface area contributed by atoms with Crippen LogP contribution in [0, 0.1) is 5.92 Å². The van der Waals surface area contributed by atoms with E-state index in [1.807, 2.05) is 0 Å². The van der Waals surface area contributed by atoms with Crippen molar-refractivity contribution < 1.29 is 13.2 Å². The van der Waals surface area contributed by atoms with Crippen molar-refractivity contribution in [2.75, 3.05) is 18.8 Å². The summed E-state index contributed by atoms with van der Waals surface area (Å²) < 4.78 is 24.2. The predicted molar refractivity (Wildman–Crippen MR) is 82.1 cm³/mol. The van der Waals surface area contributed by atoms with Gasteiger partial charge < -0.3 is 10.6 Å². The minimum atomic E-state index is -3.40. The van der Waals surface area contributed by atoms with Gasteiger partial charge in [-0.15, -0.1) is 0 Å². The highest BCUT2D eigenvalue weighted by Gasteiger charge is 2.26. The number of carbonyl (C=O) groups excluding carboxylic acids is 1. The molecule has 1 heterocycles. The van der Waals surface area contributed by atoms with Gasteiger partial charge in [-0.2, -0.15) is 0 Å². The predicted octanol–water partition coefficient (Wildman–Crippen LogP) is 1.21. The molecule has 1 amide bonds. The molecule has 1 aromatic carbocycles. The molecular formula is C15H22N2O3S. The molecular weight excluding hydrogens is 288 g/mol. The summed E-state index contributed by atoms with van der Waals surface area (Å²) in [4.78, 5) is 12.6. The third kappa shape index (κ3) is 3.63. The first kappa shape index (κ1) is 16.0. The van der Waals surface area contributed by atoms with E-state index in [1.165, 1.54) is 6.07 Å². The molecule has 2 atom stereocenters. The zero-order valence-electron chi connectivity index (χ0n) is 12.4. The summed E-state index contributed by atoms with van der Waals surface area (Å²) in [5.74, 6) is 0.0481. The van der Waals surface area contributed by atoms with Crippen molar-refractivity contribution in [3.05, 3.63) is 29.8 Å². The van der Waals surface area contributed by atoms with Crippen LogP contribution >= 0.6 is 0 Å². The molecule has 116 valence electrons. The van der Waals surface area contributed by atoms with Crippen LogP contribution in [0.1, 0.15) is 30.6 Å². The molecule has 0 bridgehead atoms. The molecule has 1 saturated heterocycles. The summed E-state index contributed by atoms with van der Waals surface area (Å²) >= 11 is 0. The quantitative estimate of drug-likeness (QED) is 0.876. The van der Waals surface area contributed by atoms with Crippen LogP contribution < -0.4 is 10.6 Å². The van der Waals surface area contributed by atoms with Crippen LogP contribution in [0.3, 0.4) is 0 Å². The standard InChI is InChI=1S/C15H22N2O3S/c1-3-21(19,20)14-7-5-4-6-12(14)15(18)17-13-10-16-9-8-11(13)2/h4-7,11,13,16H,3,8-10H2,1-2H3,(H,17,18). The second kappa shape index (κ2) is 6.58. The Kier molecular flexibility index (Phi) is 5.00. The minimum Gasteiger partial charge on any atom is -0.348 e. The Bertz CT molecular complexity index is 613. The molecule has 5 nitrogen and oxygen atoms in total. The average molecular weight is 310 g/mol. The van der Waals surface area contributed by atoms with E-state index in [2.05, 4.69) is 17.6 Å². The van der Waals surface area contributed by atoms with E-state index >= 15 is 0 Å². The van der Waals surface area contributed by atoms with Gasteiger partial charge in [0, 0.05) is 12.6 Å². The number of piperidine rings is 1. The summed E-state index contributed by atoms with van der Waals surface area (Å²) in [5.41, 5.74) is 0.233. The van der Waals surface area contributed by atoms with Crippen LogP contribution in [0.4, 0.5) is 0 Å². The lowest BCUT2D eigenvalue weighted by Gasteiger charge is -2.30. The molecule has 0 radical (unpaired) electrons. The fourth-order valence-corrected chi connectivity index (χ4v) is 3.60. The highest BCUT2D eigenvalue weighted by Crippen LogP contribution is 2.18. The van der Waals surface area contributed by atoms with Crippen LogP contribution in [0.15, 0.2) is 29.2 Å². The van der Waals surface area contributed by atoms with Gasteiger partial charge in [-0.05, 0) is 31.0 Å². The van der Waals surface area contributed by atoms with Gasteiger partial charge in [-0.25, -0.2) is 8.42 Å². The molecule has 0 aromatic heterocycles. The number of sulfone groups is 1. The smallest absolute Gasteiger partial charge is 0.252 e. The van der Waals surface area contributed by atoms with Gasteiger partial charge in [0.15, 0.2) is 9.84 Å². The topological polar surface area (TPSA) is 75.3 Å². The molecule has 2 unspecified atom stereocenters. The average Bonchev–Trinajstić information content (AvgIpc) is 2.49. The van der Waals surface area contributed by atoms with Crippen molar-refractivity contribution in [1.82, 2.24) is 10.6 Å². The number of amides is 1. The molecule has 0 saturated carbocycles. The van der Waals surface area contributed by atoms with E-state index < -0.39 is 9.84 Å². The summed E-state index contributed by atoms with van der Waals surface area (Å²) in [6.45, 7) is 5.35. The molecule has 0 spiro atoms. The summed E-state index contributed by atoms with van der Waals surface area (Å²) in [5, 5.41) is 6.20. The third-order valence-electron chi connectivity index (χ3n) is 3.99. The molecule has 6 heteroatoms. The highest BCUT2D eigenvalue weighted by molar-refractivity contribution is 7.91. The van der Waals surface area contributed by atoms with E-state index in [4.69, 9.17) is 0 Å². The van der Waals surface area contributed by atoms with Crippen molar-refractivity contribution in [2.24, 2.45) is 5.92 Å². The maximum atomic E-state index is 12.4.